The van der Waals surface area contributed by atoms with E-state index in [0.29, 0.717) is 31.7 Å². The number of nitrogens with two attached hydrogens (primary N) is 1. The van der Waals surface area contributed by atoms with Crippen LogP contribution in [-0.4, -0.2) is 49.0 Å². The summed E-state index contributed by atoms with van der Waals surface area (Å²) < 4.78 is 37.6. The van der Waals surface area contributed by atoms with Crippen molar-refractivity contribution < 1.29 is 22.8 Å². The van der Waals surface area contributed by atoms with Crippen molar-refractivity contribution in [3.8, 4) is 0 Å². The number of alkyl halides is 3. The van der Waals surface area contributed by atoms with Gasteiger partial charge in [0.1, 0.15) is 5.82 Å². The van der Waals surface area contributed by atoms with E-state index in [0.717, 1.165) is 12.3 Å². The zero-order valence-electron chi connectivity index (χ0n) is 13.5. The summed E-state index contributed by atoms with van der Waals surface area (Å²) in [6, 6.07) is 2.31. The molecule has 1 aromatic heterocycles. The van der Waals surface area contributed by atoms with Gasteiger partial charge in [-0.25, -0.2) is 4.98 Å². The minimum atomic E-state index is -4.40. The number of pyridine rings is 1. The second-order valence-electron chi connectivity index (χ2n) is 5.71. The van der Waals surface area contributed by atoms with Crippen LogP contribution in [0.1, 0.15) is 18.4 Å². The van der Waals surface area contributed by atoms with E-state index in [1.807, 2.05) is 4.90 Å². The molecule has 1 aliphatic heterocycles. The molecule has 0 aliphatic carbocycles. The van der Waals surface area contributed by atoms with Gasteiger partial charge in [-0.15, -0.1) is 0 Å². The smallest absolute Gasteiger partial charge is 0.356 e. The fourth-order valence-electron chi connectivity index (χ4n) is 2.52. The van der Waals surface area contributed by atoms with Crippen molar-refractivity contribution in [1.29, 1.82) is 0 Å². The minimum Gasteiger partial charge on any atom is -0.356 e. The molecule has 1 aliphatic rings. The standard InChI is InChI=1S/C15H20F3N5O2/c16-15(17,18)10-1-2-12(20-8-10)23-5-3-11(4-6-23)22-14(25)9-21-13(24)7-19/h1-2,8,11H,3-7,9,19H2,(H,21,24)(H,22,25). The molecule has 138 valence electrons. The van der Waals surface area contributed by atoms with Gasteiger partial charge in [0, 0.05) is 25.3 Å². The average molecular weight is 359 g/mol. The Balaban J connectivity index is 1.79. The number of piperidine rings is 1. The van der Waals surface area contributed by atoms with Gasteiger partial charge in [-0.2, -0.15) is 13.2 Å². The van der Waals surface area contributed by atoms with E-state index >= 15 is 0 Å². The van der Waals surface area contributed by atoms with Crippen LogP contribution in [-0.2, 0) is 15.8 Å². The van der Waals surface area contributed by atoms with Crippen LogP contribution in [0.15, 0.2) is 18.3 Å². The van der Waals surface area contributed by atoms with Gasteiger partial charge in [-0.3, -0.25) is 9.59 Å². The highest BCUT2D eigenvalue weighted by atomic mass is 19.4. The van der Waals surface area contributed by atoms with E-state index in [9.17, 15) is 22.8 Å². The molecule has 0 bridgehead atoms. The molecule has 4 N–H and O–H groups in total. The topological polar surface area (TPSA) is 100 Å². The van der Waals surface area contributed by atoms with Crippen LogP contribution in [0.25, 0.3) is 0 Å². The van der Waals surface area contributed by atoms with Crippen LogP contribution in [0.2, 0.25) is 0 Å². The number of anilines is 1. The van der Waals surface area contributed by atoms with Crippen LogP contribution in [0.4, 0.5) is 19.0 Å². The SMILES string of the molecule is NCC(=O)NCC(=O)NC1CCN(c2ccc(C(F)(F)F)cn2)CC1. The van der Waals surface area contributed by atoms with Gasteiger partial charge in [-0.1, -0.05) is 0 Å². The van der Waals surface area contributed by atoms with E-state index in [1.165, 1.54) is 6.07 Å². The highest BCUT2D eigenvalue weighted by Crippen LogP contribution is 2.29. The summed E-state index contributed by atoms with van der Waals surface area (Å²) in [5.74, 6) is -0.223. The highest BCUT2D eigenvalue weighted by molar-refractivity contribution is 5.85. The molecule has 0 aromatic carbocycles. The normalized spacial score (nSPS) is 15.8. The monoisotopic (exact) mass is 359 g/mol. The third-order valence-corrected chi connectivity index (χ3v) is 3.89. The number of rotatable bonds is 5. The quantitative estimate of drug-likeness (QED) is 0.700. The number of nitrogens with zero attached hydrogens (tertiary/aromatic N) is 2. The predicted octanol–water partition coefficient (Wildman–Crippen LogP) is 0.260. The Morgan fingerprint density at radius 2 is 1.92 bits per heavy atom. The molecular formula is C15H20F3N5O2. The first-order valence-electron chi connectivity index (χ1n) is 7.84. The van der Waals surface area contributed by atoms with Gasteiger partial charge in [0.2, 0.25) is 11.8 Å². The summed E-state index contributed by atoms with van der Waals surface area (Å²) in [7, 11) is 0. The summed E-state index contributed by atoms with van der Waals surface area (Å²) in [5.41, 5.74) is 4.35. The van der Waals surface area contributed by atoms with Gasteiger partial charge in [0.25, 0.3) is 0 Å². The predicted molar refractivity (Wildman–Crippen MR) is 84.7 cm³/mol. The Morgan fingerprint density at radius 1 is 1.24 bits per heavy atom. The molecule has 25 heavy (non-hydrogen) atoms. The fourth-order valence-corrected chi connectivity index (χ4v) is 2.52. The van der Waals surface area contributed by atoms with Gasteiger partial charge < -0.3 is 21.3 Å². The zero-order chi connectivity index (χ0) is 18.4. The van der Waals surface area contributed by atoms with Crippen molar-refractivity contribution in [3.63, 3.8) is 0 Å². The minimum absolute atomic E-state index is 0.0482. The molecule has 2 heterocycles. The number of aromatic nitrogens is 1. The average Bonchev–Trinajstić information content (AvgIpc) is 2.59. The van der Waals surface area contributed by atoms with Crippen molar-refractivity contribution in [2.75, 3.05) is 31.1 Å². The lowest BCUT2D eigenvalue weighted by Gasteiger charge is -2.33. The molecule has 10 heteroatoms. The first-order valence-corrected chi connectivity index (χ1v) is 7.84. The lowest BCUT2D eigenvalue weighted by molar-refractivity contribution is -0.137. The highest BCUT2D eigenvalue weighted by Gasteiger charge is 2.31. The molecule has 0 radical (unpaired) electrons. The molecule has 0 unspecified atom stereocenters. The molecule has 1 aromatic rings. The Kier molecular flexibility index (Phi) is 6.18. The molecule has 0 saturated carbocycles. The van der Waals surface area contributed by atoms with Gasteiger partial charge in [0.15, 0.2) is 0 Å². The lowest BCUT2D eigenvalue weighted by Crippen LogP contribution is -2.48. The molecule has 2 amide bonds. The Bertz CT molecular complexity index is 598. The van der Waals surface area contributed by atoms with E-state index in [-0.39, 0.29) is 25.0 Å². The van der Waals surface area contributed by atoms with Crippen LogP contribution in [0, 0.1) is 0 Å². The molecule has 2 rings (SSSR count). The Hall–Kier alpha value is -2.36. The zero-order valence-corrected chi connectivity index (χ0v) is 13.5. The lowest BCUT2D eigenvalue weighted by atomic mass is 10.0. The summed E-state index contributed by atoms with van der Waals surface area (Å²) in [5, 5.41) is 5.19. The molecule has 1 fully saturated rings. The molecule has 0 spiro atoms. The number of carbonyl (C=O) groups excluding carboxylic acids is 2. The largest absolute Gasteiger partial charge is 0.417 e. The fraction of sp³-hybridized carbons (Fsp3) is 0.533. The van der Waals surface area contributed by atoms with Crippen molar-refractivity contribution in [2.45, 2.75) is 25.1 Å². The van der Waals surface area contributed by atoms with E-state index in [4.69, 9.17) is 5.73 Å². The second-order valence-corrected chi connectivity index (χ2v) is 5.71. The van der Waals surface area contributed by atoms with Crippen LogP contribution >= 0.6 is 0 Å². The number of nitrogens with one attached hydrogen (secondary N) is 2. The van der Waals surface area contributed by atoms with Crippen molar-refractivity contribution >= 4 is 17.6 Å². The molecule has 0 atom stereocenters. The van der Waals surface area contributed by atoms with E-state index < -0.39 is 17.6 Å². The summed E-state index contributed by atoms with van der Waals surface area (Å²) >= 11 is 0. The third-order valence-electron chi connectivity index (χ3n) is 3.89. The third kappa shape index (κ3) is 5.59. The van der Waals surface area contributed by atoms with Crippen LogP contribution < -0.4 is 21.3 Å². The number of carbonyl (C=O) groups is 2. The number of hydrogen-bond acceptors (Lipinski definition) is 5. The molecular weight excluding hydrogens is 339 g/mol. The summed E-state index contributed by atoms with van der Waals surface area (Å²) in [6.45, 7) is 0.833. The maximum Gasteiger partial charge on any atom is 0.417 e. The molecule has 1 saturated heterocycles. The number of halogens is 3. The summed E-state index contributed by atoms with van der Waals surface area (Å²) in [4.78, 5) is 28.5. The second kappa shape index (κ2) is 8.15. The maximum atomic E-state index is 12.5. The maximum absolute atomic E-state index is 12.5. The summed E-state index contributed by atoms with van der Waals surface area (Å²) in [6.07, 6.45) is -2.30. The van der Waals surface area contributed by atoms with Crippen molar-refractivity contribution in [3.05, 3.63) is 23.9 Å². The van der Waals surface area contributed by atoms with Crippen LogP contribution in [0.5, 0.6) is 0 Å². The van der Waals surface area contributed by atoms with Crippen LogP contribution in [0.3, 0.4) is 0 Å². The first-order chi connectivity index (χ1) is 11.8. The Morgan fingerprint density at radius 3 is 2.44 bits per heavy atom. The van der Waals surface area contributed by atoms with Crippen molar-refractivity contribution in [1.82, 2.24) is 15.6 Å². The van der Waals surface area contributed by atoms with E-state index in [2.05, 4.69) is 15.6 Å². The van der Waals surface area contributed by atoms with Gasteiger partial charge in [-0.05, 0) is 25.0 Å². The van der Waals surface area contributed by atoms with Gasteiger partial charge in [0.05, 0.1) is 18.7 Å². The number of amides is 2. The Labute approximate surface area is 142 Å². The number of hydrogen-bond donors (Lipinski definition) is 3. The van der Waals surface area contributed by atoms with Crippen molar-refractivity contribution in [2.24, 2.45) is 5.73 Å². The van der Waals surface area contributed by atoms with Gasteiger partial charge >= 0.3 is 6.18 Å². The first kappa shape index (κ1) is 19.0. The van der Waals surface area contributed by atoms with E-state index in [1.54, 1.807) is 0 Å². The molecule has 7 nitrogen and oxygen atoms in total.